The number of fused-ring (bicyclic) bond motifs is 1. The average molecular weight is 347 g/mol. The van der Waals surface area contributed by atoms with Gasteiger partial charge in [0.05, 0.1) is 17.1 Å². The van der Waals surface area contributed by atoms with E-state index >= 15 is 0 Å². The summed E-state index contributed by atoms with van der Waals surface area (Å²) in [6.07, 6.45) is 0.664. The van der Waals surface area contributed by atoms with Crippen LogP contribution in [0.15, 0.2) is 24.3 Å². The Kier molecular flexibility index (Phi) is 7.87. The van der Waals surface area contributed by atoms with E-state index < -0.39 is 6.04 Å². The number of rotatable bonds is 4. The first-order valence-electron chi connectivity index (χ1n) is 6.85. The van der Waals surface area contributed by atoms with E-state index in [-0.39, 0.29) is 36.1 Å². The summed E-state index contributed by atoms with van der Waals surface area (Å²) in [6, 6.07) is 7.37. The van der Waals surface area contributed by atoms with Gasteiger partial charge in [0.2, 0.25) is 5.91 Å². The minimum atomic E-state index is -0.502. The molecule has 2 rings (SSSR count). The average Bonchev–Trinajstić information content (AvgIpc) is 2.79. The Morgan fingerprint density at radius 3 is 2.55 bits per heavy atom. The molecule has 22 heavy (non-hydrogen) atoms. The van der Waals surface area contributed by atoms with Crippen molar-refractivity contribution in [3.63, 3.8) is 0 Å². The molecule has 0 aliphatic carbocycles. The smallest absolute Gasteiger partial charge is 0.237 e. The number of hydrogen-bond acceptors (Lipinski definition) is 3. The number of nitrogens with zero attached hydrogens (tertiary/aromatic N) is 1. The lowest BCUT2D eigenvalue weighted by atomic mass is 9.87. The predicted octanol–water partition coefficient (Wildman–Crippen LogP) is 2.44. The number of imidazole rings is 1. The Morgan fingerprint density at radius 2 is 1.95 bits per heavy atom. The van der Waals surface area contributed by atoms with Gasteiger partial charge in [-0.25, -0.2) is 4.98 Å². The Balaban J connectivity index is 0.00000220. The van der Waals surface area contributed by atoms with Gasteiger partial charge in [0.25, 0.3) is 0 Å². The van der Waals surface area contributed by atoms with Crippen molar-refractivity contribution in [1.82, 2.24) is 15.3 Å². The molecule has 0 bridgehead atoms. The van der Waals surface area contributed by atoms with Gasteiger partial charge in [-0.2, -0.15) is 0 Å². The minimum Gasteiger partial charge on any atom is -0.354 e. The summed E-state index contributed by atoms with van der Waals surface area (Å²) in [7, 11) is 0. The van der Waals surface area contributed by atoms with Crippen molar-refractivity contribution in [2.24, 2.45) is 11.1 Å². The van der Waals surface area contributed by atoms with Crippen LogP contribution in [0.1, 0.15) is 26.6 Å². The molecular formula is C15H24Cl2N4O. The Bertz CT molecular complexity index is 574. The highest BCUT2D eigenvalue weighted by atomic mass is 35.5. The fraction of sp³-hybridized carbons (Fsp3) is 0.467. The fourth-order valence-corrected chi connectivity index (χ4v) is 1.93. The van der Waals surface area contributed by atoms with Crippen LogP contribution in [0.3, 0.4) is 0 Å². The van der Waals surface area contributed by atoms with Gasteiger partial charge in [-0.3, -0.25) is 4.79 Å². The number of halogens is 2. The zero-order valence-corrected chi connectivity index (χ0v) is 14.7. The summed E-state index contributed by atoms with van der Waals surface area (Å²) in [5.41, 5.74) is 7.63. The molecule has 0 saturated heterocycles. The van der Waals surface area contributed by atoms with Gasteiger partial charge < -0.3 is 16.0 Å². The molecule has 0 aliphatic heterocycles. The molecule has 0 spiro atoms. The normalized spacial score (nSPS) is 12.2. The molecule has 1 aromatic heterocycles. The van der Waals surface area contributed by atoms with Crippen molar-refractivity contribution in [3.8, 4) is 0 Å². The van der Waals surface area contributed by atoms with Crippen molar-refractivity contribution in [2.75, 3.05) is 6.54 Å². The number of hydrogen-bond donors (Lipinski definition) is 3. The highest BCUT2D eigenvalue weighted by molar-refractivity contribution is 5.85. The number of nitrogens with two attached hydrogens (primary N) is 1. The first-order chi connectivity index (χ1) is 9.38. The predicted molar refractivity (Wildman–Crippen MR) is 94.7 cm³/mol. The number of carbonyl (C=O) groups excluding carboxylic acids is 1. The van der Waals surface area contributed by atoms with Crippen molar-refractivity contribution < 1.29 is 4.79 Å². The third-order valence-electron chi connectivity index (χ3n) is 3.31. The lowest BCUT2D eigenvalue weighted by molar-refractivity contribution is -0.124. The number of H-pyrrole nitrogens is 1. The van der Waals surface area contributed by atoms with Crippen LogP contribution >= 0.6 is 24.8 Å². The van der Waals surface area contributed by atoms with Crippen molar-refractivity contribution in [3.05, 3.63) is 30.1 Å². The molecule has 1 amide bonds. The summed E-state index contributed by atoms with van der Waals surface area (Å²) in [5, 5.41) is 2.86. The van der Waals surface area contributed by atoms with Crippen molar-refractivity contribution >= 4 is 41.8 Å². The molecule has 1 heterocycles. The van der Waals surface area contributed by atoms with Crippen LogP contribution in [-0.4, -0.2) is 28.5 Å². The molecule has 0 fully saturated rings. The van der Waals surface area contributed by atoms with Crippen LogP contribution in [0, 0.1) is 5.41 Å². The second kappa shape index (κ2) is 8.36. The summed E-state index contributed by atoms with van der Waals surface area (Å²) in [6.45, 7) is 6.39. The van der Waals surface area contributed by atoms with E-state index in [9.17, 15) is 4.79 Å². The van der Waals surface area contributed by atoms with E-state index in [1.165, 1.54) is 0 Å². The fourth-order valence-electron chi connectivity index (χ4n) is 1.93. The summed E-state index contributed by atoms with van der Waals surface area (Å²) < 4.78 is 0. The van der Waals surface area contributed by atoms with Crippen LogP contribution in [0.4, 0.5) is 0 Å². The number of para-hydroxylation sites is 2. The number of aromatic amines is 1. The molecule has 0 unspecified atom stereocenters. The quantitative estimate of drug-likeness (QED) is 0.794. The van der Waals surface area contributed by atoms with Gasteiger partial charge in [0.1, 0.15) is 5.82 Å². The van der Waals surface area contributed by atoms with E-state index in [1.54, 1.807) is 0 Å². The van der Waals surface area contributed by atoms with Crippen LogP contribution in [0.5, 0.6) is 0 Å². The number of amides is 1. The van der Waals surface area contributed by atoms with E-state index in [0.29, 0.717) is 13.0 Å². The topological polar surface area (TPSA) is 83.8 Å². The van der Waals surface area contributed by atoms with Gasteiger partial charge in [-0.1, -0.05) is 32.9 Å². The zero-order chi connectivity index (χ0) is 14.8. The lowest BCUT2D eigenvalue weighted by Gasteiger charge is -2.25. The molecule has 1 atom stereocenters. The number of carbonyl (C=O) groups is 1. The molecular weight excluding hydrogens is 323 g/mol. The molecule has 0 radical (unpaired) electrons. The highest BCUT2D eigenvalue weighted by Gasteiger charge is 2.26. The summed E-state index contributed by atoms with van der Waals surface area (Å²) >= 11 is 0. The van der Waals surface area contributed by atoms with Crippen LogP contribution < -0.4 is 11.1 Å². The maximum atomic E-state index is 11.9. The first kappa shape index (κ1) is 20.7. The molecule has 4 N–H and O–H groups in total. The van der Waals surface area contributed by atoms with E-state index in [1.807, 2.05) is 45.0 Å². The van der Waals surface area contributed by atoms with E-state index in [2.05, 4.69) is 15.3 Å². The SMILES string of the molecule is CC(C)(C)[C@H](N)C(=O)NCCc1nc2ccccc2[nH]1.Cl.Cl. The maximum Gasteiger partial charge on any atom is 0.237 e. The molecule has 1 aromatic carbocycles. The Labute approximate surface area is 143 Å². The molecule has 7 heteroatoms. The monoisotopic (exact) mass is 346 g/mol. The third-order valence-corrected chi connectivity index (χ3v) is 3.31. The lowest BCUT2D eigenvalue weighted by Crippen LogP contribution is -2.49. The van der Waals surface area contributed by atoms with Crippen LogP contribution in [-0.2, 0) is 11.2 Å². The highest BCUT2D eigenvalue weighted by Crippen LogP contribution is 2.17. The Hall–Kier alpha value is -1.30. The largest absolute Gasteiger partial charge is 0.354 e. The standard InChI is InChI=1S/C15H22N4O.2ClH/c1-15(2,3)13(16)14(20)17-9-8-12-18-10-6-4-5-7-11(10)19-12;;/h4-7,13H,8-9,16H2,1-3H3,(H,17,20)(H,18,19);2*1H/t13-;;/m1../s1. The number of nitrogens with one attached hydrogen (secondary N) is 2. The van der Waals surface area contributed by atoms with E-state index in [4.69, 9.17) is 5.73 Å². The van der Waals surface area contributed by atoms with Gasteiger partial charge in [0, 0.05) is 13.0 Å². The molecule has 5 nitrogen and oxygen atoms in total. The molecule has 2 aromatic rings. The summed E-state index contributed by atoms with van der Waals surface area (Å²) in [5.74, 6) is 0.754. The number of aromatic nitrogens is 2. The second-order valence-electron chi connectivity index (χ2n) is 6.09. The van der Waals surface area contributed by atoms with E-state index in [0.717, 1.165) is 16.9 Å². The van der Waals surface area contributed by atoms with Crippen molar-refractivity contribution in [2.45, 2.75) is 33.2 Å². The van der Waals surface area contributed by atoms with Gasteiger partial charge in [-0.05, 0) is 17.5 Å². The van der Waals surface area contributed by atoms with Crippen LogP contribution in [0.25, 0.3) is 11.0 Å². The molecule has 0 saturated carbocycles. The third kappa shape index (κ3) is 5.16. The van der Waals surface area contributed by atoms with Gasteiger partial charge in [0.15, 0.2) is 0 Å². The van der Waals surface area contributed by atoms with Crippen LogP contribution in [0.2, 0.25) is 0 Å². The minimum absolute atomic E-state index is 0. The maximum absolute atomic E-state index is 11.9. The molecule has 0 aliphatic rings. The van der Waals surface area contributed by atoms with Crippen molar-refractivity contribution in [1.29, 1.82) is 0 Å². The van der Waals surface area contributed by atoms with Gasteiger partial charge in [-0.15, -0.1) is 24.8 Å². The van der Waals surface area contributed by atoms with Gasteiger partial charge >= 0.3 is 0 Å². The Morgan fingerprint density at radius 1 is 1.32 bits per heavy atom. The molecule has 124 valence electrons. The number of benzene rings is 1. The zero-order valence-electron chi connectivity index (χ0n) is 13.1. The first-order valence-corrected chi connectivity index (χ1v) is 6.85. The summed E-state index contributed by atoms with van der Waals surface area (Å²) in [4.78, 5) is 19.6. The second-order valence-corrected chi connectivity index (χ2v) is 6.09.